The molecular formula is C23H23N3O3S2. The average Bonchev–Trinajstić information content (AvgIpc) is 3.28. The van der Waals surface area contributed by atoms with E-state index in [9.17, 15) is 4.79 Å². The van der Waals surface area contributed by atoms with Crippen LogP contribution in [-0.2, 0) is 17.0 Å². The Kier molecular flexibility index (Phi) is 7.01. The lowest BCUT2D eigenvalue weighted by Crippen LogP contribution is -2.24. The van der Waals surface area contributed by atoms with Crippen molar-refractivity contribution in [2.45, 2.75) is 23.9 Å². The van der Waals surface area contributed by atoms with E-state index in [4.69, 9.17) is 19.4 Å². The van der Waals surface area contributed by atoms with Crippen LogP contribution in [0.3, 0.4) is 0 Å². The Morgan fingerprint density at radius 3 is 2.81 bits per heavy atom. The first-order valence-corrected chi connectivity index (χ1v) is 11.8. The number of hydrogen-bond acceptors (Lipinski definition) is 7. The minimum absolute atomic E-state index is 0.0143. The first-order valence-electron chi connectivity index (χ1n) is 9.89. The van der Waals surface area contributed by atoms with Crippen LogP contribution in [-0.4, -0.2) is 35.4 Å². The monoisotopic (exact) mass is 453 g/mol. The Morgan fingerprint density at radius 1 is 1.10 bits per heavy atom. The highest BCUT2D eigenvalue weighted by atomic mass is 32.2. The van der Waals surface area contributed by atoms with Gasteiger partial charge in [0.1, 0.15) is 10.8 Å². The molecule has 0 amide bonds. The molecule has 0 atom stereocenters. The zero-order chi connectivity index (χ0) is 21.6. The smallest absolute Gasteiger partial charge is 0.262 e. The Bertz CT molecular complexity index is 1240. The maximum atomic E-state index is 13.0. The molecule has 31 heavy (non-hydrogen) atoms. The lowest BCUT2D eigenvalue weighted by atomic mass is 10.2. The second kappa shape index (κ2) is 10.1. The van der Waals surface area contributed by atoms with Gasteiger partial charge < -0.3 is 9.47 Å². The quantitative estimate of drug-likeness (QED) is 0.205. The fraction of sp³-hybridized carbons (Fsp3) is 0.261. The fourth-order valence-corrected chi connectivity index (χ4v) is 5.06. The number of nitrogens with zero attached hydrogens (tertiary/aromatic N) is 3. The molecule has 160 valence electrons. The minimum atomic E-state index is -0.0143. The molecule has 2 aromatic heterocycles. The van der Waals surface area contributed by atoms with Crippen molar-refractivity contribution in [3.63, 3.8) is 0 Å². The molecule has 8 heteroatoms. The van der Waals surface area contributed by atoms with Gasteiger partial charge in [0.2, 0.25) is 0 Å². The number of thioether (sulfide) groups is 1. The zero-order valence-electron chi connectivity index (χ0n) is 17.4. The van der Waals surface area contributed by atoms with Gasteiger partial charge in [-0.2, -0.15) is 0 Å². The molecule has 0 aliphatic rings. The van der Waals surface area contributed by atoms with Crippen LogP contribution < -0.4 is 10.3 Å². The van der Waals surface area contributed by atoms with E-state index in [1.165, 1.54) is 11.8 Å². The molecular weight excluding hydrogens is 430 g/mol. The SMILES string of the molecule is COCCCn1c(SCc2csc(-c3cccc(OC)c3)n2)nc2ccccc2c1=O. The van der Waals surface area contributed by atoms with Gasteiger partial charge >= 0.3 is 0 Å². The molecule has 2 heterocycles. The van der Waals surface area contributed by atoms with Crippen molar-refractivity contribution in [1.29, 1.82) is 0 Å². The van der Waals surface area contributed by atoms with Crippen LogP contribution in [0.2, 0.25) is 0 Å². The number of aromatic nitrogens is 3. The largest absolute Gasteiger partial charge is 0.497 e. The molecule has 0 aliphatic heterocycles. The van der Waals surface area contributed by atoms with Gasteiger partial charge in [0.15, 0.2) is 5.16 Å². The van der Waals surface area contributed by atoms with E-state index in [-0.39, 0.29) is 5.56 Å². The van der Waals surface area contributed by atoms with Crippen molar-refractivity contribution in [3.8, 4) is 16.3 Å². The highest BCUT2D eigenvalue weighted by Crippen LogP contribution is 2.29. The van der Waals surface area contributed by atoms with Crippen molar-refractivity contribution in [3.05, 3.63) is 70.0 Å². The summed E-state index contributed by atoms with van der Waals surface area (Å²) < 4.78 is 12.2. The van der Waals surface area contributed by atoms with Crippen molar-refractivity contribution < 1.29 is 9.47 Å². The van der Waals surface area contributed by atoms with E-state index in [0.29, 0.717) is 35.0 Å². The number of benzene rings is 2. The molecule has 0 aliphatic carbocycles. The van der Waals surface area contributed by atoms with Crippen LogP contribution in [0, 0.1) is 0 Å². The summed E-state index contributed by atoms with van der Waals surface area (Å²) in [7, 11) is 3.32. The molecule has 0 unspecified atom stereocenters. The Balaban J connectivity index is 1.57. The topological polar surface area (TPSA) is 66.2 Å². The van der Waals surface area contributed by atoms with Crippen LogP contribution in [0.5, 0.6) is 5.75 Å². The summed E-state index contributed by atoms with van der Waals surface area (Å²) in [4.78, 5) is 22.6. The Labute approximate surface area is 188 Å². The number of ether oxygens (including phenoxy) is 2. The molecule has 4 aromatic rings. The first kappa shape index (κ1) is 21.5. The van der Waals surface area contributed by atoms with Crippen molar-refractivity contribution in [1.82, 2.24) is 14.5 Å². The number of rotatable bonds is 9. The molecule has 0 saturated heterocycles. The van der Waals surface area contributed by atoms with Gasteiger partial charge in [-0.15, -0.1) is 11.3 Å². The standard InChI is InChI=1S/C23H23N3O3S2/c1-28-12-6-11-26-22(27)19-9-3-4-10-20(19)25-23(26)31-15-17-14-30-21(24-17)16-7-5-8-18(13-16)29-2/h3-5,7-10,13-14H,6,11-12,15H2,1-2H3. The molecule has 0 saturated carbocycles. The Hall–Kier alpha value is -2.68. The summed E-state index contributed by atoms with van der Waals surface area (Å²) in [5.74, 6) is 1.44. The number of methoxy groups -OCH3 is 2. The van der Waals surface area contributed by atoms with Crippen LogP contribution in [0.4, 0.5) is 0 Å². The average molecular weight is 454 g/mol. The summed E-state index contributed by atoms with van der Waals surface area (Å²) in [6.45, 7) is 1.17. The molecule has 0 spiro atoms. The molecule has 0 N–H and O–H groups in total. The van der Waals surface area contributed by atoms with Gasteiger partial charge in [-0.05, 0) is 30.7 Å². The predicted octanol–water partition coefficient (Wildman–Crippen LogP) is 4.86. The minimum Gasteiger partial charge on any atom is -0.497 e. The lowest BCUT2D eigenvalue weighted by molar-refractivity contribution is 0.189. The fourth-order valence-electron chi connectivity index (χ4n) is 3.22. The predicted molar refractivity (Wildman–Crippen MR) is 126 cm³/mol. The van der Waals surface area contributed by atoms with Gasteiger partial charge in [-0.1, -0.05) is 36.0 Å². The van der Waals surface area contributed by atoms with Crippen LogP contribution >= 0.6 is 23.1 Å². The summed E-state index contributed by atoms with van der Waals surface area (Å²) >= 11 is 3.13. The van der Waals surface area contributed by atoms with E-state index in [2.05, 4.69) is 5.38 Å². The molecule has 0 radical (unpaired) electrons. The van der Waals surface area contributed by atoms with Crippen molar-refractivity contribution in [2.75, 3.05) is 20.8 Å². The maximum Gasteiger partial charge on any atom is 0.262 e. The molecule has 2 aromatic carbocycles. The second-order valence-electron chi connectivity index (χ2n) is 6.88. The number of para-hydroxylation sites is 1. The van der Waals surface area contributed by atoms with E-state index in [0.717, 1.165) is 28.4 Å². The molecule has 0 bridgehead atoms. The third-order valence-electron chi connectivity index (χ3n) is 4.77. The number of hydrogen-bond donors (Lipinski definition) is 0. The molecule has 4 rings (SSSR count). The highest BCUT2D eigenvalue weighted by molar-refractivity contribution is 7.98. The van der Waals surface area contributed by atoms with Gasteiger partial charge in [-0.3, -0.25) is 9.36 Å². The van der Waals surface area contributed by atoms with E-state index < -0.39 is 0 Å². The number of fused-ring (bicyclic) bond motifs is 1. The lowest BCUT2D eigenvalue weighted by Gasteiger charge is -2.12. The van der Waals surface area contributed by atoms with Gasteiger partial charge in [0.05, 0.1) is 23.7 Å². The van der Waals surface area contributed by atoms with Crippen molar-refractivity contribution in [2.24, 2.45) is 0 Å². The molecule has 0 fully saturated rings. The third-order valence-corrected chi connectivity index (χ3v) is 6.72. The summed E-state index contributed by atoms with van der Waals surface area (Å²) in [5.41, 5.74) is 2.69. The zero-order valence-corrected chi connectivity index (χ0v) is 19.0. The van der Waals surface area contributed by atoms with Crippen LogP contribution in [0.1, 0.15) is 12.1 Å². The van der Waals surface area contributed by atoms with Gasteiger partial charge in [-0.25, -0.2) is 9.97 Å². The Morgan fingerprint density at radius 2 is 1.97 bits per heavy atom. The van der Waals surface area contributed by atoms with E-state index in [1.807, 2.05) is 48.5 Å². The summed E-state index contributed by atoms with van der Waals surface area (Å²) in [6.07, 6.45) is 0.751. The molecule has 6 nitrogen and oxygen atoms in total. The third kappa shape index (κ3) is 4.98. The summed E-state index contributed by atoms with van der Waals surface area (Å²) in [5, 5.41) is 4.34. The van der Waals surface area contributed by atoms with E-state index in [1.54, 1.807) is 30.1 Å². The van der Waals surface area contributed by atoms with Gasteiger partial charge in [0.25, 0.3) is 5.56 Å². The normalized spacial score (nSPS) is 11.2. The summed E-state index contributed by atoms with van der Waals surface area (Å²) in [6, 6.07) is 15.4. The maximum absolute atomic E-state index is 13.0. The second-order valence-corrected chi connectivity index (χ2v) is 8.68. The van der Waals surface area contributed by atoms with E-state index >= 15 is 0 Å². The van der Waals surface area contributed by atoms with Gasteiger partial charge in [0, 0.05) is 37.0 Å². The first-order chi connectivity index (χ1) is 15.2. The number of thiazole rings is 1. The van der Waals surface area contributed by atoms with Crippen LogP contribution in [0.25, 0.3) is 21.5 Å². The highest BCUT2D eigenvalue weighted by Gasteiger charge is 2.13. The van der Waals surface area contributed by atoms with Crippen LogP contribution in [0.15, 0.2) is 63.9 Å². The van der Waals surface area contributed by atoms with Crippen molar-refractivity contribution >= 4 is 34.0 Å².